The Morgan fingerprint density at radius 2 is 2.05 bits per heavy atom. The fourth-order valence-electron chi connectivity index (χ4n) is 2.24. The van der Waals surface area contributed by atoms with Crippen LogP contribution in [0.2, 0.25) is 0 Å². The first-order valence-electron chi connectivity index (χ1n) is 6.75. The lowest BCUT2D eigenvalue weighted by molar-refractivity contribution is 0.459. The van der Waals surface area contributed by atoms with E-state index < -0.39 is 0 Å². The van der Waals surface area contributed by atoms with Gasteiger partial charge in [0.15, 0.2) is 0 Å². The molecule has 3 N–H and O–H groups in total. The predicted octanol–water partition coefficient (Wildman–Crippen LogP) is 4.37. The lowest BCUT2D eigenvalue weighted by atomic mass is 10.0. The number of thiophene rings is 1. The topological polar surface area (TPSA) is 38.0 Å². The second kappa shape index (κ2) is 6.46. The average Bonchev–Trinajstić information content (AvgIpc) is 2.76. The zero-order chi connectivity index (χ0) is 13.8. The Bertz CT molecular complexity index is 536. The van der Waals surface area contributed by atoms with Crippen LogP contribution in [0, 0.1) is 11.7 Å². The smallest absolute Gasteiger partial charge is 0.124 e. The summed E-state index contributed by atoms with van der Waals surface area (Å²) in [6.07, 6.45) is 3.37. The Hall–Kier alpha value is -0.970. The van der Waals surface area contributed by atoms with E-state index in [9.17, 15) is 4.39 Å². The molecule has 0 amide bonds. The summed E-state index contributed by atoms with van der Waals surface area (Å²) in [4.78, 5) is 1.19. The summed E-state index contributed by atoms with van der Waals surface area (Å²) < 4.78 is 14.2. The summed E-state index contributed by atoms with van der Waals surface area (Å²) in [6, 6.07) is 7.19. The Morgan fingerprint density at radius 1 is 1.26 bits per heavy atom. The third kappa shape index (κ3) is 3.75. The van der Waals surface area contributed by atoms with Gasteiger partial charge in [0.05, 0.1) is 6.04 Å². The fraction of sp³-hybridized carbons (Fsp3) is 0.467. The van der Waals surface area contributed by atoms with E-state index in [2.05, 4.69) is 25.3 Å². The lowest BCUT2D eigenvalue weighted by Gasteiger charge is -2.14. The SMILES string of the molecule is CC(C)CCCC(NN)c1cc2ccc(F)cc2s1. The number of nitrogens with two attached hydrogens (primary N) is 1. The van der Waals surface area contributed by atoms with E-state index in [1.807, 2.05) is 6.07 Å². The van der Waals surface area contributed by atoms with Gasteiger partial charge in [-0.15, -0.1) is 11.3 Å². The molecule has 1 heterocycles. The van der Waals surface area contributed by atoms with E-state index in [4.69, 9.17) is 5.84 Å². The van der Waals surface area contributed by atoms with E-state index in [0.29, 0.717) is 0 Å². The van der Waals surface area contributed by atoms with Crippen LogP contribution in [0.25, 0.3) is 10.1 Å². The molecule has 2 nitrogen and oxygen atoms in total. The van der Waals surface area contributed by atoms with Gasteiger partial charge in [-0.3, -0.25) is 11.3 Å². The van der Waals surface area contributed by atoms with Gasteiger partial charge in [-0.25, -0.2) is 4.39 Å². The van der Waals surface area contributed by atoms with Gasteiger partial charge in [0.2, 0.25) is 0 Å². The Morgan fingerprint density at radius 3 is 2.74 bits per heavy atom. The standard InChI is InChI=1S/C15H21FN2S/c1-10(2)4-3-5-13(18-17)15-8-11-6-7-12(16)9-14(11)19-15/h6-10,13,18H,3-5,17H2,1-2H3. The van der Waals surface area contributed by atoms with E-state index >= 15 is 0 Å². The van der Waals surface area contributed by atoms with Gasteiger partial charge in [0, 0.05) is 9.58 Å². The number of rotatable bonds is 6. The van der Waals surface area contributed by atoms with Crippen LogP contribution in [0.3, 0.4) is 0 Å². The van der Waals surface area contributed by atoms with Gasteiger partial charge < -0.3 is 0 Å². The highest BCUT2D eigenvalue weighted by molar-refractivity contribution is 7.19. The normalized spacial score (nSPS) is 13.3. The van der Waals surface area contributed by atoms with Crippen molar-refractivity contribution in [2.45, 2.75) is 39.2 Å². The van der Waals surface area contributed by atoms with Crippen molar-refractivity contribution in [1.29, 1.82) is 0 Å². The molecule has 104 valence electrons. The van der Waals surface area contributed by atoms with E-state index in [1.54, 1.807) is 17.4 Å². The van der Waals surface area contributed by atoms with Crippen molar-refractivity contribution in [3.05, 3.63) is 35.0 Å². The highest BCUT2D eigenvalue weighted by Gasteiger charge is 2.13. The molecule has 0 aliphatic heterocycles. The van der Waals surface area contributed by atoms with Crippen LogP contribution < -0.4 is 11.3 Å². The molecule has 0 fully saturated rings. The zero-order valence-corrected chi connectivity index (χ0v) is 12.3. The highest BCUT2D eigenvalue weighted by atomic mass is 32.1. The third-order valence-electron chi connectivity index (χ3n) is 3.32. The lowest BCUT2D eigenvalue weighted by Crippen LogP contribution is -2.27. The summed E-state index contributed by atoms with van der Waals surface area (Å²) in [5.41, 5.74) is 2.88. The number of hydrogen-bond acceptors (Lipinski definition) is 3. The largest absolute Gasteiger partial charge is 0.271 e. The van der Waals surface area contributed by atoms with Crippen LogP contribution in [0.5, 0.6) is 0 Å². The van der Waals surface area contributed by atoms with Gasteiger partial charge >= 0.3 is 0 Å². The monoisotopic (exact) mass is 280 g/mol. The van der Waals surface area contributed by atoms with Crippen molar-refractivity contribution >= 4 is 21.4 Å². The van der Waals surface area contributed by atoms with Gasteiger partial charge in [0.25, 0.3) is 0 Å². The molecule has 1 aromatic carbocycles. The number of benzene rings is 1. The van der Waals surface area contributed by atoms with Gasteiger partial charge in [-0.1, -0.05) is 32.8 Å². The molecule has 0 aliphatic carbocycles. The van der Waals surface area contributed by atoms with Crippen molar-refractivity contribution in [1.82, 2.24) is 5.43 Å². The highest BCUT2D eigenvalue weighted by Crippen LogP contribution is 2.32. The van der Waals surface area contributed by atoms with Crippen LogP contribution >= 0.6 is 11.3 Å². The molecule has 1 unspecified atom stereocenters. The minimum absolute atomic E-state index is 0.166. The minimum atomic E-state index is -0.182. The zero-order valence-electron chi connectivity index (χ0n) is 11.4. The molecule has 19 heavy (non-hydrogen) atoms. The minimum Gasteiger partial charge on any atom is -0.271 e. The molecule has 4 heteroatoms. The molecule has 0 saturated carbocycles. The first-order valence-corrected chi connectivity index (χ1v) is 7.57. The Labute approximate surface area is 117 Å². The molecule has 0 radical (unpaired) electrons. The second-order valence-corrected chi connectivity index (χ2v) is 6.49. The van der Waals surface area contributed by atoms with Crippen LogP contribution in [0.15, 0.2) is 24.3 Å². The number of hydrazine groups is 1. The number of halogens is 1. The van der Waals surface area contributed by atoms with Crippen LogP contribution in [-0.4, -0.2) is 0 Å². The Balaban J connectivity index is 2.11. The summed E-state index contributed by atoms with van der Waals surface area (Å²) >= 11 is 1.62. The van der Waals surface area contributed by atoms with Crippen molar-refractivity contribution in [3.63, 3.8) is 0 Å². The molecular weight excluding hydrogens is 259 g/mol. The predicted molar refractivity (Wildman–Crippen MR) is 80.5 cm³/mol. The van der Waals surface area contributed by atoms with Crippen molar-refractivity contribution in [2.24, 2.45) is 11.8 Å². The van der Waals surface area contributed by atoms with Crippen LogP contribution in [0.4, 0.5) is 4.39 Å². The van der Waals surface area contributed by atoms with Crippen LogP contribution in [0.1, 0.15) is 44.0 Å². The Kier molecular flexibility index (Phi) is 4.91. The second-order valence-electron chi connectivity index (χ2n) is 5.37. The molecule has 0 spiro atoms. The van der Waals surface area contributed by atoms with E-state index in [-0.39, 0.29) is 11.9 Å². The van der Waals surface area contributed by atoms with Crippen molar-refractivity contribution < 1.29 is 4.39 Å². The molecule has 1 aromatic heterocycles. The molecule has 2 aromatic rings. The maximum absolute atomic E-state index is 13.2. The molecule has 0 aliphatic rings. The molecule has 0 bridgehead atoms. The maximum atomic E-state index is 13.2. The molecule has 0 saturated heterocycles. The summed E-state index contributed by atoms with van der Waals surface area (Å²) in [7, 11) is 0. The van der Waals surface area contributed by atoms with Gasteiger partial charge in [-0.2, -0.15) is 0 Å². The maximum Gasteiger partial charge on any atom is 0.124 e. The van der Waals surface area contributed by atoms with Crippen molar-refractivity contribution in [2.75, 3.05) is 0 Å². The van der Waals surface area contributed by atoms with Crippen molar-refractivity contribution in [3.8, 4) is 0 Å². The first-order chi connectivity index (χ1) is 9.10. The fourth-order valence-corrected chi connectivity index (χ4v) is 3.42. The summed E-state index contributed by atoms with van der Waals surface area (Å²) in [6.45, 7) is 4.46. The van der Waals surface area contributed by atoms with Gasteiger partial charge in [-0.05, 0) is 35.9 Å². The molecular formula is C15H21FN2S. The number of hydrogen-bond donors (Lipinski definition) is 2. The average molecular weight is 280 g/mol. The van der Waals surface area contributed by atoms with E-state index in [1.165, 1.54) is 17.4 Å². The summed E-state index contributed by atoms with van der Waals surface area (Å²) in [5.74, 6) is 6.19. The summed E-state index contributed by atoms with van der Waals surface area (Å²) in [5, 5.41) is 1.09. The van der Waals surface area contributed by atoms with Crippen LogP contribution in [-0.2, 0) is 0 Å². The number of nitrogens with one attached hydrogen (secondary N) is 1. The molecule has 1 atom stereocenters. The van der Waals surface area contributed by atoms with E-state index in [0.717, 1.165) is 28.8 Å². The molecule has 2 rings (SSSR count). The first kappa shape index (κ1) is 14.4. The third-order valence-corrected chi connectivity index (χ3v) is 4.53. The van der Waals surface area contributed by atoms with Gasteiger partial charge in [0.1, 0.15) is 5.82 Å². The quantitative estimate of drug-likeness (QED) is 0.609. The number of fused-ring (bicyclic) bond motifs is 1.